The van der Waals surface area contributed by atoms with E-state index in [9.17, 15) is 0 Å². The van der Waals surface area contributed by atoms with Gasteiger partial charge in [0.15, 0.2) is 0 Å². The lowest BCUT2D eigenvalue weighted by Crippen LogP contribution is -2.09. The molecular weight excluding hydrogens is 227 g/mol. The van der Waals surface area contributed by atoms with Gasteiger partial charge in [-0.1, -0.05) is 86.1 Å². The molecule has 0 unspecified atom stereocenters. The van der Waals surface area contributed by atoms with Crippen molar-refractivity contribution in [3.05, 3.63) is 35.9 Å². The van der Waals surface area contributed by atoms with Crippen molar-refractivity contribution in [3.63, 3.8) is 0 Å². The number of benzene rings is 1. The van der Waals surface area contributed by atoms with Crippen molar-refractivity contribution in [2.45, 2.75) is 43.4 Å². The molecule has 1 aromatic rings. The molecule has 0 aliphatic carbocycles. The van der Waals surface area contributed by atoms with Crippen LogP contribution in [0.4, 0.5) is 0 Å². The molecule has 0 fully saturated rings. The summed E-state index contributed by atoms with van der Waals surface area (Å²) in [6.07, 6.45) is 5.64. The highest BCUT2D eigenvalue weighted by Gasteiger charge is 2.25. The van der Waals surface area contributed by atoms with Crippen LogP contribution in [0.15, 0.2) is 30.3 Å². The minimum Gasteiger partial charge on any atom is -0.0963 e. The van der Waals surface area contributed by atoms with E-state index in [1.54, 1.807) is 0 Å². The highest BCUT2D eigenvalue weighted by atomic mass is 35.5. The molecule has 0 aliphatic rings. The first-order chi connectivity index (χ1) is 7.17. The van der Waals surface area contributed by atoms with Crippen molar-refractivity contribution in [3.8, 4) is 0 Å². The fraction of sp³-hybridized carbons (Fsp3) is 0.538. The van der Waals surface area contributed by atoms with Gasteiger partial charge in [-0.05, 0) is 12.0 Å². The summed E-state index contributed by atoms with van der Waals surface area (Å²) in [5.41, 5.74) is 1.00. The third kappa shape index (κ3) is 4.44. The van der Waals surface area contributed by atoms with Crippen LogP contribution in [0.2, 0.25) is 0 Å². The predicted molar refractivity (Wildman–Crippen MR) is 68.6 cm³/mol. The fourth-order valence-electron chi connectivity index (χ4n) is 1.60. The van der Waals surface area contributed by atoms with Gasteiger partial charge in [-0.2, -0.15) is 0 Å². The molecule has 0 bridgehead atoms. The molecule has 0 saturated heterocycles. The average molecular weight is 245 g/mol. The second-order valence-electron chi connectivity index (χ2n) is 3.88. The highest BCUT2D eigenvalue weighted by Crippen LogP contribution is 2.38. The average Bonchev–Trinajstić information content (AvgIpc) is 2.26. The molecule has 0 nitrogen and oxygen atoms in total. The number of rotatable bonds is 6. The van der Waals surface area contributed by atoms with Crippen LogP contribution in [-0.4, -0.2) is 0 Å². The van der Waals surface area contributed by atoms with Gasteiger partial charge in [0.05, 0.1) is 0 Å². The summed E-state index contributed by atoms with van der Waals surface area (Å²) in [5, 5.41) is 0. The van der Waals surface area contributed by atoms with Crippen molar-refractivity contribution >= 4 is 23.2 Å². The summed E-state index contributed by atoms with van der Waals surface area (Å²) in [4.78, 5) is 0. The van der Waals surface area contributed by atoms with Crippen LogP contribution >= 0.6 is 23.2 Å². The molecule has 2 heteroatoms. The van der Waals surface area contributed by atoms with Gasteiger partial charge >= 0.3 is 0 Å². The third-order valence-corrected chi connectivity index (χ3v) is 3.35. The molecule has 0 amide bonds. The van der Waals surface area contributed by atoms with Crippen LogP contribution < -0.4 is 0 Å². The Morgan fingerprint density at radius 1 is 1.00 bits per heavy atom. The van der Waals surface area contributed by atoms with Crippen molar-refractivity contribution in [1.29, 1.82) is 0 Å². The van der Waals surface area contributed by atoms with E-state index in [4.69, 9.17) is 23.2 Å². The first-order valence-corrected chi connectivity index (χ1v) is 6.36. The van der Waals surface area contributed by atoms with Crippen LogP contribution in [0, 0.1) is 0 Å². The van der Waals surface area contributed by atoms with Crippen LogP contribution in [0.25, 0.3) is 0 Å². The van der Waals surface area contributed by atoms with Crippen molar-refractivity contribution in [2.24, 2.45) is 0 Å². The van der Waals surface area contributed by atoms with Gasteiger partial charge in [0.1, 0.15) is 4.33 Å². The zero-order chi connectivity index (χ0) is 11.1. The molecule has 1 aromatic carbocycles. The van der Waals surface area contributed by atoms with E-state index in [1.165, 1.54) is 19.3 Å². The maximum absolute atomic E-state index is 6.31. The van der Waals surface area contributed by atoms with E-state index >= 15 is 0 Å². The molecule has 0 N–H and O–H groups in total. The summed E-state index contributed by atoms with van der Waals surface area (Å²) in [7, 11) is 0. The van der Waals surface area contributed by atoms with Crippen LogP contribution in [-0.2, 0) is 4.33 Å². The van der Waals surface area contributed by atoms with E-state index in [1.807, 2.05) is 30.3 Å². The Bertz CT molecular complexity index is 267. The molecular formula is C13H18Cl2. The SMILES string of the molecule is CCCCCCC(Cl)(Cl)c1ccccc1. The lowest BCUT2D eigenvalue weighted by Gasteiger charge is -2.19. The van der Waals surface area contributed by atoms with E-state index in [2.05, 4.69) is 6.92 Å². The molecule has 0 atom stereocenters. The van der Waals surface area contributed by atoms with Gasteiger partial charge in [0.2, 0.25) is 0 Å². The molecule has 0 spiro atoms. The Morgan fingerprint density at radius 3 is 2.27 bits per heavy atom. The Kier molecular flexibility index (Phi) is 5.49. The molecule has 15 heavy (non-hydrogen) atoms. The Morgan fingerprint density at radius 2 is 1.67 bits per heavy atom. The van der Waals surface area contributed by atoms with E-state index in [0.29, 0.717) is 0 Å². The van der Waals surface area contributed by atoms with E-state index in [0.717, 1.165) is 18.4 Å². The topological polar surface area (TPSA) is 0 Å². The van der Waals surface area contributed by atoms with E-state index in [-0.39, 0.29) is 0 Å². The summed E-state index contributed by atoms with van der Waals surface area (Å²) in [6.45, 7) is 2.20. The molecule has 0 radical (unpaired) electrons. The monoisotopic (exact) mass is 244 g/mol. The van der Waals surface area contributed by atoms with Gasteiger partial charge in [-0.25, -0.2) is 0 Å². The van der Waals surface area contributed by atoms with Gasteiger partial charge in [-0.3, -0.25) is 0 Å². The third-order valence-electron chi connectivity index (χ3n) is 2.54. The summed E-state index contributed by atoms with van der Waals surface area (Å²) in [5.74, 6) is 0. The minimum absolute atomic E-state index is 0.713. The number of halogens is 2. The molecule has 0 heterocycles. The highest BCUT2D eigenvalue weighted by molar-refractivity contribution is 6.47. The zero-order valence-electron chi connectivity index (χ0n) is 9.18. The van der Waals surface area contributed by atoms with Gasteiger partial charge < -0.3 is 0 Å². The maximum Gasteiger partial charge on any atom is 0.143 e. The molecule has 84 valence electrons. The zero-order valence-corrected chi connectivity index (χ0v) is 10.7. The van der Waals surface area contributed by atoms with Crippen LogP contribution in [0.3, 0.4) is 0 Å². The predicted octanol–water partition coefficient (Wildman–Crippen LogP) is 5.29. The van der Waals surface area contributed by atoms with Crippen molar-refractivity contribution in [2.75, 3.05) is 0 Å². The largest absolute Gasteiger partial charge is 0.143 e. The molecule has 0 aromatic heterocycles. The number of unbranched alkanes of at least 4 members (excludes halogenated alkanes) is 3. The first-order valence-electron chi connectivity index (χ1n) is 5.60. The second-order valence-corrected chi connectivity index (χ2v) is 5.37. The molecule has 0 saturated carbocycles. The molecule has 1 rings (SSSR count). The quantitative estimate of drug-likeness (QED) is 0.472. The lowest BCUT2D eigenvalue weighted by molar-refractivity contribution is 0.601. The Balaban J connectivity index is 2.45. The van der Waals surface area contributed by atoms with Gasteiger partial charge in [0.25, 0.3) is 0 Å². The lowest BCUT2D eigenvalue weighted by atomic mass is 10.0. The van der Waals surface area contributed by atoms with Gasteiger partial charge in [-0.15, -0.1) is 0 Å². The summed E-state index contributed by atoms with van der Waals surface area (Å²) < 4.78 is -0.713. The fourth-order valence-corrected chi connectivity index (χ4v) is 2.12. The standard InChI is InChI=1S/C13H18Cl2/c1-2-3-4-8-11-13(14,15)12-9-6-5-7-10-12/h5-7,9-10H,2-4,8,11H2,1H3. The Labute approximate surface area is 103 Å². The summed E-state index contributed by atoms with van der Waals surface area (Å²) >= 11 is 12.6. The maximum atomic E-state index is 6.31. The number of alkyl halides is 2. The number of hydrogen-bond acceptors (Lipinski definition) is 0. The smallest absolute Gasteiger partial charge is 0.0963 e. The molecule has 0 aliphatic heterocycles. The van der Waals surface area contributed by atoms with Crippen molar-refractivity contribution < 1.29 is 0 Å². The number of hydrogen-bond donors (Lipinski definition) is 0. The van der Waals surface area contributed by atoms with Gasteiger partial charge in [0, 0.05) is 0 Å². The minimum atomic E-state index is -0.713. The van der Waals surface area contributed by atoms with Crippen LogP contribution in [0.1, 0.15) is 44.6 Å². The normalized spacial score (nSPS) is 11.7. The van der Waals surface area contributed by atoms with Crippen molar-refractivity contribution in [1.82, 2.24) is 0 Å². The van der Waals surface area contributed by atoms with Crippen LogP contribution in [0.5, 0.6) is 0 Å². The summed E-state index contributed by atoms with van der Waals surface area (Å²) in [6, 6.07) is 9.89. The van der Waals surface area contributed by atoms with E-state index < -0.39 is 4.33 Å². The second kappa shape index (κ2) is 6.40. The first kappa shape index (κ1) is 12.9. The Hall–Kier alpha value is -0.200.